The van der Waals surface area contributed by atoms with Crippen LogP contribution in [0.25, 0.3) is 33.2 Å². The second-order valence-electron chi connectivity index (χ2n) is 15.7. The van der Waals surface area contributed by atoms with Crippen LogP contribution >= 0.6 is 0 Å². The monoisotopic (exact) mass is 810 g/mol. The van der Waals surface area contributed by atoms with E-state index in [1.165, 1.54) is 34.1 Å². The molecular formula is C42H54F4N8O4. The van der Waals surface area contributed by atoms with Crippen LogP contribution in [0.4, 0.5) is 17.6 Å². The molecule has 2 saturated heterocycles. The molecule has 0 saturated carbocycles. The molecule has 6 N–H and O–H groups in total. The summed E-state index contributed by atoms with van der Waals surface area (Å²) in [7, 11) is 3.27. The number of hydrogen-bond acceptors (Lipinski definition) is 6. The number of benzene rings is 2. The number of amides is 4. The standard InChI is InChI=1S/C42H54F4N8O4/c1-7-33(51-39(55)21(3)47-5)41(57)53-19-25(45)13-27(53)17-31-29-11-9-23(43)15-35(29)49-37(31)38-32(30-12-10-24(44)16-36(30)50-38)18-28-14-26(46)20-54(28)42(58)34(8-2)52-40(56)22(4)48-6/h9-12,15-16,21-22,25-28,33-34,47-50H,7-8,13-14,17-20H2,1-6H3,(H,51,55)(H,52,56). The third-order valence-corrected chi connectivity index (χ3v) is 11.9. The normalized spacial score (nSPS) is 21.7. The van der Waals surface area contributed by atoms with E-state index in [9.17, 15) is 28.0 Å². The Morgan fingerprint density at radius 3 is 1.41 bits per heavy atom. The molecule has 2 aliphatic rings. The minimum absolute atomic E-state index is 0.0282. The Bertz CT molecular complexity index is 2010. The van der Waals surface area contributed by atoms with Crippen molar-refractivity contribution in [3.8, 4) is 11.4 Å². The van der Waals surface area contributed by atoms with Crippen LogP contribution < -0.4 is 21.3 Å². The zero-order chi connectivity index (χ0) is 42.0. The highest BCUT2D eigenvalue weighted by Gasteiger charge is 2.41. The van der Waals surface area contributed by atoms with Gasteiger partial charge >= 0.3 is 0 Å². The second-order valence-corrected chi connectivity index (χ2v) is 15.7. The van der Waals surface area contributed by atoms with Gasteiger partial charge < -0.3 is 41.0 Å². The number of H-pyrrole nitrogens is 2. The van der Waals surface area contributed by atoms with Gasteiger partial charge in [0.2, 0.25) is 23.6 Å². The fourth-order valence-electron chi connectivity index (χ4n) is 8.36. The first kappa shape index (κ1) is 42.6. The van der Waals surface area contributed by atoms with Gasteiger partial charge in [0, 0.05) is 46.7 Å². The lowest BCUT2D eigenvalue weighted by molar-refractivity contribution is -0.137. The van der Waals surface area contributed by atoms with Crippen molar-refractivity contribution >= 4 is 45.4 Å². The van der Waals surface area contributed by atoms with Gasteiger partial charge in [0.1, 0.15) is 36.1 Å². The van der Waals surface area contributed by atoms with E-state index in [0.717, 1.165) is 0 Å². The number of halogens is 4. The number of likely N-dealkylation sites (tertiary alicyclic amines) is 2. The number of fused-ring (bicyclic) bond motifs is 2. The largest absolute Gasteiger partial charge is 0.353 e. The molecule has 0 radical (unpaired) electrons. The van der Waals surface area contributed by atoms with E-state index in [-0.39, 0.29) is 63.4 Å². The van der Waals surface area contributed by atoms with Crippen LogP contribution in [0, 0.1) is 11.6 Å². The molecule has 4 heterocycles. The van der Waals surface area contributed by atoms with Crippen LogP contribution in [0.1, 0.15) is 64.5 Å². The molecule has 8 atom stereocenters. The topological polar surface area (TPSA) is 154 Å². The SMILES string of the molecule is CCC(NC(=O)C(C)NC)C(=O)N1CC(F)CC1Cc1c(-c2[nH]c3cc(F)ccc3c2CC2CC(F)CN2C(=O)C(CC)NC(=O)C(C)NC)[nH]c2cc(F)ccc12. The molecule has 0 spiro atoms. The lowest BCUT2D eigenvalue weighted by Crippen LogP contribution is -2.53. The van der Waals surface area contributed by atoms with E-state index in [1.54, 1.807) is 53.9 Å². The van der Waals surface area contributed by atoms with Crippen molar-refractivity contribution in [3.05, 3.63) is 59.2 Å². The molecule has 0 bridgehead atoms. The maximum atomic E-state index is 15.3. The predicted molar refractivity (Wildman–Crippen MR) is 214 cm³/mol. The molecule has 2 aliphatic heterocycles. The van der Waals surface area contributed by atoms with Crippen molar-refractivity contribution in [2.24, 2.45) is 0 Å². The van der Waals surface area contributed by atoms with Gasteiger partial charge in [0.25, 0.3) is 0 Å². The third-order valence-electron chi connectivity index (χ3n) is 11.9. The summed E-state index contributed by atoms with van der Waals surface area (Å²) in [6, 6.07) is 4.40. The number of alkyl halides is 2. The van der Waals surface area contributed by atoms with E-state index >= 15 is 8.78 Å². The maximum Gasteiger partial charge on any atom is 0.245 e. The van der Waals surface area contributed by atoms with Gasteiger partial charge in [-0.3, -0.25) is 19.2 Å². The van der Waals surface area contributed by atoms with Crippen LogP contribution in [0.2, 0.25) is 0 Å². The van der Waals surface area contributed by atoms with Crippen LogP contribution in [0.3, 0.4) is 0 Å². The molecule has 2 aromatic carbocycles. The molecular weight excluding hydrogens is 757 g/mol. The molecule has 2 fully saturated rings. The van der Waals surface area contributed by atoms with Crippen LogP contribution in [0.5, 0.6) is 0 Å². The first-order valence-corrected chi connectivity index (χ1v) is 20.1. The van der Waals surface area contributed by atoms with Gasteiger partial charge in [-0.2, -0.15) is 0 Å². The Labute approximate surface area is 335 Å². The Hall–Kier alpha value is -4.96. The van der Waals surface area contributed by atoms with Gasteiger partial charge in [0.15, 0.2) is 0 Å². The van der Waals surface area contributed by atoms with Crippen molar-refractivity contribution in [1.82, 2.24) is 41.0 Å². The predicted octanol–water partition coefficient (Wildman–Crippen LogP) is 4.56. The molecule has 58 heavy (non-hydrogen) atoms. The van der Waals surface area contributed by atoms with Gasteiger partial charge in [-0.25, -0.2) is 17.6 Å². The van der Waals surface area contributed by atoms with Gasteiger partial charge in [-0.15, -0.1) is 0 Å². The highest BCUT2D eigenvalue weighted by atomic mass is 19.1. The lowest BCUT2D eigenvalue weighted by atomic mass is 9.94. The van der Waals surface area contributed by atoms with Crippen molar-refractivity contribution in [2.75, 3.05) is 27.2 Å². The maximum absolute atomic E-state index is 15.3. The molecule has 314 valence electrons. The number of aromatic nitrogens is 2. The third kappa shape index (κ3) is 8.72. The molecule has 4 aromatic rings. The van der Waals surface area contributed by atoms with Crippen molar-refractivity contribution < 1.29 is 36.7 Å². The number of carbonyl (C=O) groups is 4. The summed E-state index contributed by atoms with van der Waals surface area (Å²) in [4.78, 5) is 63.1. The zero-order valence-corrected chi connectivity index (χ0v) is 33.8. The van der Waals surface area contributed by atoms with E-state index in [4.69, 9.17) is 0 Å². The highest BCUT2D eigenvalue weighted by Crippen LogP contribution is 2.40. The number of nitrogens with zero attached hydrogens (tertiary/aromatic N) is 2. The van der Waals surface area contributed by atoms with Crippen molar-refractivity contribution in [1.29, 1.82) is 0 Å². The summed E-state index contributed by atoms with van der Waals surface area (Å²) >= 11 is 0. The van der Waals surface area contributed by atoms with Crippen LogP contribution in [0.15, 0.2) is 36.4 Å². The number of rotatable bonds is 15. The quantitative estimate of drug-likeness (QED) is 0.0969. The fourth-order valence-corrected chi connectivity index (χ4v) is 8.36. The smallest absolute Gasteiger partial charge is 0.245 e. The average Bonchev–Trinajstić information content (AvgIpc) is 3.96. The molecule has 12 nitrogen and oxygen atoms in total. The van der Waals surface area contributed by atoms with Crippen molar-refractivity contribution in [3.63, 3.8) is 0 Å². The number of carbonyl (C=O) groups excluding carboxylic acids is 4. The molecule has 8 unspecified atom stereocenters. The Morgan fingerprint density at radius 2 is 1.07 bits per heavy atom. The summed E-state index contributed by atoms with van der Waals surface area (Å²) in [5.41, 5.74) is 3.17. The van der Waals surface area contributed by atoms with Gasteiger partial charge in [-0.05, 0) is 101 Å². The van der Waals surface area contributed by atoms with Gasteiger partial charge in [0.05, 0.1) is 36.6 Å². The highest BCUT2D eigenvalue weighted by molar-refractivity contribution is 5.97. The van der Waals surface area contributed by atoms with E-state index < -0.39 is 72.0 Å². The minimum atomic E-state index is -1.33. The van der Waals surface area contributed by atoms with E-state index in [2.05, 4.69) is 31.2 Å². The Morgan fingerprint density at radius 1 is 0.690 bits per heavy atom. The summed E-state index contributed by atoms with van der Waals surface area (Å²) in [6.07, 6.45) is -1.72. The minimum Gasteiger partial charge on any atom is -0.353 e. The van der Waals surface area contributed by atoms with Gasteiger partial charge in [-0.1, -0.05) is 13.8 Å². The summed E-state index contributed by atoms with van der Waals surface area (Å²) in [5.74, 6) is -2.54. The average molecular weight is 811 g/mol. The summed E-state index contributed by atoms with van der Waals surface area (Å²) in [5, 5.41) is 12.5. The Balaban J connectivity index is 1.40. The Kier molecular flexibility index (Phi) is 13.2. The van der Waals surface area contributed by atoms with Crippen LogP contribution in [-0.2, 0) is 32.0 Å². The number of hydrogen-bond donors (Lipinski definition) is 6. The van der Waals surface area contributed by atoms with E-state index in [0.29, 0.717) is 44.3 Å². The number of nitrogens with one attached hydrogen (secondary N) is 6. The molecule has 16 heteroatoms. The lowest BCUT2D eigenvalue weighted by Gasteiger charge is -2.30. The number of aromatic amines is 2. The summed E-state index contributed by atoms with van der Waals surface area (Å²) in [6.45, 7) is 6.55. The first-order chi connectivity index (χ1) is 27.7. The van der Waals surface area contributed by atoms with E-state index in [1.807, 2.05) is 0 Å². The molecule has 2 aromatic heterocycles. The second kappa shape index (κ2) is 17.9. The summed E-state index contributed by atoms with van der Waals surface area (Å²) < 4.78 is 60.2. The number of likely N-dealkylation sites (N-methyl/N-ethyl adjacent to an activating group) is 2. The van der Waals surface area contributed by atoms with Crippen molar-refractivity contribution in [2.45, 2.75) is 115 Å². The zero-order valence-electron chi connectivity index (χ0n) is 33.8. The molecule has 6 rings (SSSR count). The molecule has 4 amide bonds. The first-order valence-electron chi connectivity index (χ1n) is 20.1. The molecule has 0 aliphatic carbocycles. The van der Waals surface area contributed by atoms with Crippen LogP contribution in [-0.4, -0.2) is 119 Å². The fraction of sp³-hybridized carbons (Fsp3) is 0.524.